The van der Waals surface area contributed by atoms with Gasteiger partial charge in [-0.1, -0.05) is 19.3 Å². The van der Waals surface area contributed by atoms with Crippen LogP contribution >= 0.6 is 0 Å². The van der Waals surface area contributed by atoms with Gasteiger partial charge in [0.1, 0.15) is 17.2 Å². The Morgan fingerprint density at radius 3 is 2.06 bits per heavy atom. The van der Waals surface area contributed by atoms with E-state index < -0.39 is 0 Å². The van der Waals surface area contributed by atoms with Crippen LogP contribution in [0.3, 0.4) is 0 Å². The van der Waals surface area contributed by atoms with Crippen molar-refractivity contribution in [3.63, 3.8) is 0 Å². The maximum absolute atomic E-state index is 9.77. The SMILES string of the molecule is N[C@H](c1c(O)cc(O)cc1O)C1CCCCC1. The fraction of sp³-hybridized carbons (Fsp3) is 0.538. The number of rotatable bonds is 2. The number of hydrogen-bond acceptors (Lipinski definition) is 4. The molecule has 1 aliphatic carbocycles. The number of benzene rings is 1. The van der Waals surface area contributed by atoms with Crippen molar-refractivity contribution in [2.75, 3.05) is 0 Å². The Kier molecular flexibility index (Phi) is 3.43. The first-order valence-electron chi connectivity index (χ1n) is 6.10. The first kappa shape index (κ1) is 12.0. The van der Waals surface area contributed by atoms with Gasteiger partial charge < -0.3 is 21.1 Å². The van der Waals surface area contributed by atoms with Crippen molar-refractivity contribution >= 4 is 0 Å². The first-order chi connectivity index (χ1) is 8.09. The molecule has 4 heteroatoms. The van der Waals surface area contributed by atoms with Crippen LogP contribution in [0.4, 0.5) is 0 Å². The minimum Gasteiger partial charge on any atom is -0.508 e. The number of phenolic OH excluding ortho intramolecular Hbond substituents is 3. The van der Waals surface area contributed by atoms with E-state index in [0.717, 1.165) is 25.7 Å². The lowest BCUT2D eigenvalue weighted by atomic mass is 9.81. The van der Waals surface area contributed by atoms with Crippen LogP contribution in [-0.2, 0) is 0 Å². The van der Waals surface area contributed by atoms with Gasteiger partial charge in [0.2, 0.25) is 0 Å². The summed E-state index contributed by atoms with van der Waals surface area (Å²) in [6.07, 6.45) is 5.59. The van der Waals surface area contributed by atoms with Crippen LogP contribution in [0.25, 0.3) is 0 Å². The summed E-state index contributed by atoms with van der Waals surface area (Å²) >= 11 is 0. The summed E-state index contributed by atoms with van der Waals surface area (Å²) < 4.78 is 0. The monoisotopic (exact) mass is 237 g/mol. The standard InChI is InChI=1S/C13H19NO3/c14-13(8-4-2-1-3-5-8)12-10(16)6-9(15)7-11(12)17/h6-8,13,15-17H,1-5,14H2/t13-/m0/s1. The largest absolute Gasteiger partial charge is 0.508 e. The van der Waals surface area contributed by atoms with E-state index in [4.69, 9.17) is 5.73 Å². The molecule has 1 aromatic carbocycles. The van der Waals surface area contributed by atoms with Crippen molar-refractivity contribution in [2.45, 2.75) is 38.1 Å². The summed E-state index contributed by atoms with van der Waals surface area (Å²) in [5.41, 5.74) is 6.48. The molecule has 4 nitrogen and oxygen atoms in total. The summed E-state index contributed by atoms with van der Waals surface area (Å²) in [5, 5.41) is 28.8. The highest BCUT2D eigenvalue weighted by molar-refractivity contribution is 5.50. The van der Waals surface area contributed by atoms with Gasteiger partial charge >= 0.3 is 0 Å². The van der Waals surface area contributed by atoms with Crippen molar-refractivity contribution in [3.8, 4) is 17.2 Å². The topological polar surface area (TPSA) is 86.7 Å². The van der Waals surface area contributed by atoms with Gasteiger partial charge in [-0.15, -0.1) is 0 Å². The zero-order chi connectivity index (χ0) is 12.4. The predicted octanol–water partition coefficient (Wildman–Crippen LogP) is 2.38. The van der Waals surface area contributed by atoms with E-state index in [9.17, 15) is 15.3 Å². The zero-order valence-corrected chi connectivity index (χ0v) is 9.76. The van der Waals surface area contributed by atoms with Crippen molar-refractivity contribution in [3.05, 3.63) is 17.7 Å². The third-order valence-electron chi connectivity index (χ3n) is 3.61. The Hall–Kier alpha value is -1.42. The maximum Gasteiger partial charge on any atom is 0.127 e. The van der Waals surface area contributed by atoms with Gasteiger partial charge in [-0.25, -0.2) is 0 Å². The molecular weight excluding hydrogens is 218 g/mol. The van der Waals surface area contributed by atoms with E-state index in [-0.39, 0.29) is 23.3 Å². The lowest BCUT2D eigenvalue weighted by molar-refractivity contribution is 0.296. The van der Waals surface area contributed by atoms with Gasteiger partial charge in [-0.05, 0) is 18.8 Å². The molecule has 5 N–H and O–H groups in total. The predicted molar refractivity (Wildman–Crippen MR) is 64.9 cm³/mol. The lowest BCUT2D eigenvalue weighted by Gasteiger charge is -2.28. The molecule has 1 fully saturated rings. The highest BCUT2D eigenvalue weighted by atomic mass is 16.3. The van der Waals surface area contributed by atoms with Gasteiger partial charge in [-0.3, -0.25) is 0 Å². The molecule has 17 heavy (non-hydrogen) atoms. The molecule has 0 aromatic heterocycles. The summed E-state index contributed by atoms with van der Waals surface area (Å²) in [6.45, 7) is 0. The molecule has 1 aromatic rings. The Bertz CT molecular complexity index is 377. The zero-order valence-electron chi connectivity index (χ0n) is 9.76. The molecule has 0 radical (unpaired) electrons. The van der Waals surface area contributed by atoms with Gasteiger partial charge in [0.15, 0.2) is 0 Å². The number of hydrogen-bond donors (Lipinski definition) is 4. The molecule has 2 rings (SSSR count). The average Bonchev–Trinajstić information content (AvgIpc) is 2.28. The van der Waals surface area contributed by atoms with Crippen molar-refractivity contribution in [1.82, 2.24) is 0 Å². The fourth-order valence-electron chi connectivity index (χ4n) is 2.68. The van der Waals surface area contributed by atoms with Crippen LogP contribution in [0.2, 0.25) is 0 Å². The lowest BCUT2D eigenvalue weighted by Crippen LogP contribution is -2.23. The molecule has 0 unspecified atom stereocenters. The molecular formula is C13H19NO3. The fourth-order valence-corrected chi connectivity index (χ4v) is 2.68. The number of phenols is 3. The first-order valence-corrected chi connectivity index (χ1v) is 6.10. The Balaban J connectivity index is 2.26. The molecule has 0 spiro atoms. The van der Waals surface area contributed by atoms with Crippen molar-refractivity contribution in [1.29, 1.82) is 0 Å². The van der Waals surface area contributed by atoms with Crippen molar-refractivity contribution in [2.24, 2.45) is 11.7 Å². The Morgan fingerprint density at radius 1 is 1.00 bits per heavy atom. The second-order valence-electron chi connectivity index (χ2n) is 4.82. The van der Waals surface area contributed by atoms with Crippen LogP contribution in [0, 0.1) is 5.92 Å². The highest BCUT2D eigenvalue weighted by Gasteiger charge is 2.26. The van der Waals surface area contributed by atoms with E-state index in [1.54, 1.807) is 0 Å². The molecule has 1 atom stereocenters. The van der Waals surface area contributed by atoms with E-state index in [1.165, 1.54) is 18.6 Å². The van der Waals surface area contributed by atoms with Crippen LogP contribution in [-0.4, -0.2) is 15.3 Å². The normalized spacial score (nSPS) is 19.1. The second kappa shape index (κ2) is 4.84. The smallest absolute Gasteiger partial charge is 0.127 e. The summed E-state index contributed by atoms with van der Waals surface area (Å²) in [6, 6.07) is 2.08. The maximum atomic E-state index is 9.77. The Labute approximate surface area is 101 Å². The third-order valence-corrected chi connectivity index (χ3v) is 3.61. The van der Waals surface area contributed by atoms with Crippen molar-refractivity contribution < 1.29 is 15.3 Å². The van der Waals surface area contributed by atoms with Gasteiger partial charge in [0.05, 0.1) is 5.56 Å². The minimum absolute atomic E-state index is 0.124. The van der Waals surface area contributed by atoms with E-state index in [1.807, 2.05) is 0 Å². The molecule has 1 saturated carbocycles. The van der Waals surface area contributed by atoms with Crippen LogP contribution in [0.5, 0.6) is 17.2 Å². The molecule has 0 bridgehead atoms. The summed E-state index contributed by atoms with van der Waals surface area (Å²) in [4.78, 5) is 0. The Morgan fingerprint density at radius 2 is 1.53 bits per heavy atom. The quantitative estimate of drug-likeness (QED) is 0.636. The number of nitrogens with two attached hydrogens (primary N) is 1. The molecule has 0 aliphatic heterocycles. The van der Waals surface area contributed by atoms with Crippen LogP contribution in [0.15, 0.2) is 12.1 Å². The molecule has 0 heterocycles. The second-order valence-corrected chi connectivity index (χ2v) is 4.82. The van der Waals surface area contributed by atoms with Gasteiger partial charge in [0, 0.05) is 18.2 Å². The molecule has 94 valence electrons. The van der Waals surface area contributed by atoms with Crippen LogP contribution in [0.1, 0.15) is 43.7 Å². The van der Waals surface area contributed by atoms with E-state index in [0.29, 0.717) is 11.5 Å². The molecule has 1 aliphatic rings. The number of aromatic hydroxyl groups is 3. The average molecular weight is 237 g/mol. The molecule has 0 amide bonds. The summed E-state index contributed by atoms with van der Waals surface area (Å²) in [5.74, 6) is -0.106. The summed E-state index contributed by atoms with van der Waals surface area (Å²) in [7, 11) is 0. The van der Waals surface area contributed by atoms with E-state index in [2.05, 4.69) is 0 Å². The van der Waals surface area contributed by atoms with E-state index >= 15 is 0 Å². The van der Waals surface area contributed by atoms with Gasteiger partial charge in [0.25, 0.3) is 0 Å². The van der Waals surface area contributed by atoms with Crippen LogP contribution < -0.4 is 5.73 Å². The minimum atomic E-state index is -0.365. The third kappa shape index (κ3) is 2.47. The van der Waals surface area contributed by atoms with Gasteiger partial charge in [-0.2, -0.15) is 0 Å². The molecule has 0 saturated heterocycles. The highest BCUT2D eigenvalue weighted by Crippen LogP contribution is 2.41.